The van der Waals surface area contributed by atoms with Gasteiger partial charge in [0.15, 0.2) is 11.5 Å². The number of Topliss-reactive ketones (excluding diaryl/α,β-unsaturated/α-hetero) is 3. The van der Waals surface area contributed by atoms with E-state index in [0.717, 1.165) is 74.0 Å². The summed E-state index contributed by atoms with van der Waals surface area (Å²) in [5.74, 6) is -0.276. The maximum atomic E-state index is 12.8. The Morgan fingerprint density at radius 2 is 0.561 bits per heavy atom. The predicted molar refractivity (Wildman–Crippen MR) is 1260 cm³/mol. The molecule has 1 N–H and O–H groups in total. The Morgan fingerprint density at radius 3 is 0.784 bits per heavy atom. The van der Waals surface area contributed by atoms with E-state index < -0.39 is 300 Å². The first-order chi connectivity index (χ1) is 64.5. The first-order valence-electron chi connectivity index (χ1n) is 34.4. The number of ether oxygens (including phenoxy) is 2. The van der Waals surface area contributed by atoms with Crippen molar-refractivity contribution >= 4 is 1020 Å². The maximum Gasteiger partial charge on any atom is 0.211 e. The van der Waals surface area contributed by atoms with Gasteiger partial charge in [0.05, 0.1) is 19.3 Å². The van der Waals surface area contributed by atoms with Gasteiger partial charge in [-0.1, -0.05) is 60.7 Å². The van der Waals surface area contributed by atoms with Crippen molar-refractivity contribution in [3.05, 3.63) is 71.8 Å². The van der Waals surface area contributed by atoms with E-state index in [0.29, 0.717) is 90.9 Å². The van der Waals surface area contributed by atoms with Crippen LogP contribution in [-0.4, -0.2) is 100 Å². The van der Waals surface area contributed by atoms with Gasteiger partial charge in [0, 0.05) is 47.6 Å². The SMILES string of the molecule is CC(F)(F)C(=O)OCC12CC3CC(C1)C(=O)C(C3)C2.CC(F)(F)C(=O)OCC12CC3CC(C1)C(O)C(C3)C2.I[I-]I(I)I(I)I(I)I(I)I(I)I(I)I(I)I(I)I(I)I(I)I(I)I(I)I(I)I(I)I(I)I(I)I(I)I(I)I(I)I(I)I(I)I(I)I(I)I(I)I(I)I(I)I(I)I(I)I(I)I(I)I(I)I(I)I(I)I(I)I(I)I.O=C(C[S+]1CCCC1)c1ccccc1.O=C(C[S+]1CCCC1)c1ccccc1. The van der Waals surface area contributed by atoms with Crippen molar-refractivity contribution in [3.8, 4) is 0 Å². The Labute approximate surface area is 1310 Å². The van der Waals surface area contributed by atoms with Crippen LogP contribution in [0.1, 0.15) is 124 Å². The van der Waals surface area contributed by atoms with Gasteiger partial charge in [0.25, 0.3) is 0 Å². The van der Waals surface area contributed by atoms with E-state index >= 15 is 0 Å². The van der Waals surface area contributed by atoms with Crippen molar-refractivity contribution < 1.29 is 69.4 Å². The van der Waals surface area contributed by atoms with Gasteiger partial charge in [0.1, 0.15) is 28.8 Å². The van der Waals surface area contributed by atoms with E-state index in [9.17, 15) is 46.6 Å². The Balaban J connectivity index is 0.000000346. The van der Waals surface area contributed by atoms with Gasteiger partial charge in [0.2, 0.25) is 11.6 Å². The van der Waals surface area contributed by atoms with E-state index in [1.54, 1.807) is 0 Å². The number of esters is 2. The average molecular weight is 10200 g/mol. The Morgan fingerprint density at radius 1 is 0.345 bits per heavy atom. The number of halogens is 77. The molecule has 8 aliphatic carbocycles. The summed E-state index contributed by atoms with van der Waals surface area (Å²) < 4.78 is 60.9. The van der Waals surface area contributed by atoms with Crippen LogP contribution >= 0.6 is 965 Å². The second-order valence-corrected chi connectivity index (χ2v) is 1750. The van der Waals surface area contributed by atoms with Gasteiger partial charge in [-0.05, 0) is 135 Å². The predicted octanol–water partition coefficient (Wildman–Crippen LogP) is 70.3. The molecule has 8 nitrogen and oxygen atoms in total. The Bertz CT molecular complexity index is 3950. The number of alkyl halides is 4. The second-order valence-electron chi connectivity index (χ2n) is 26.7. The molecule has 8 bridgehead atoms. The van der Waals surface area contributed by atoms with Crippen LogP contribution in [-0.2, 0) is 45.6 Å². The Kier molecular flexibility index (Phi) is 122. The standard InChI is InChI=1S/C14H20F2O3.C14H18F2O3.2C12H15OS.I73/c2*1-13(15,16)12(18)19-7-14-4-8-2-9(5-14)11(17)10(3-8)6-14;2*13-12(10-14-8-4-5-9-14)11-6-2-1-3-7-11;1-38-40(4)42(6)44(8)46(10)48(12)50(14)52(16)54(18)56(20)58(22)60(24)62(26)64(28)66(30)68(32)70(34)72(36)73(37)71(35)69(33)67(31)65(29)63(27)61(25)59(23)57(21)55(19)53(17)51(15)49(13)47(11)45(9)43(7)41(5)39(2)3/h8-11,17H,2-7H2,1H3;8-10H,2-7H2,1H3;2*1-3,6-7H,4-5,8-10H2;/q;;2*+1;-1. The quantitative estimate of drug-likeness (QED) is 0.0228. The van der Waals surface area contributed by atoms with Crippen molar-refractivity contribution in [1.82, 2.24) is 0 Å². The molecule has 4 atom stereocenters. The molecule has 0 radical (unpaired) electrons. The third kappa shape index (κ3) is 63.6. The minimum Gasteiger partial charge on any atom is -0.289 e. The van der Waals surface area contributed by atoms with Crippen molar-refractivity contribution in [3.63, 3.8) is 0 Å². The molecular formula is C52H68F4I73O8S2+. The summed E-state index contributed by atoms with van der Waals surface area (Å²) >= 11 is 124. The van der Waals surface area contributed by atoms with Crippen molar-refractivity contribution in [2.24, 2.45) is 46.3 Å². The molecule has 2 aliphatic heterocycles. The zero-order valence-corrected chi connectivity index (χ0v) is 225. The third-order valence-electron chi connectivity index (χ3n) is 18.1. The van der Waals surface area contributed by atoms with Crippen LogP contribution in [0.2, 0.25) is 0 Å². The normalized spacial score (nSPS) is 25.1. The molecule has 0 aromatic heterocycles. The minimum absolute atomic E-state index is 0.0477. The van der Waals surface area contributed by atoms with Crippen LogP contribution in [0.3, 0.4) is 0 Å². The number of carbonyl (C=O) groups is 5. The molecule has 874 valence electrons. The summed E-state index contributed by atoms with van der Waals surface area (Å²) in [5.41, 5.74) is 1.39. The second kappa shape index (κ2) is 95.8. The van der Waals surface area contributed by atoms with Crippen molar-refractivity contribution in [2.75, 3.05) is 47.7 Å². The van der Waals surface area contributed by atoms with Gasteiger partial charge in [-0.2, -0.15) is 17.6 Å². The molecule has 139 heavy (non-hydrogen) atoms. The zero-order chi connectivity index (χ0) is 105. The molecule has 10 fully saturated rings. The van der Waals surface area contributed by atoms with Crippen molar-refractivity contribution in [2.45, 2.75) is 122 Å². The molecule has 4 unspecified atom stereocenters. The van der Waals surface area contributed by atoms with Crippen LogP contribution in [0.4, 0.5) is 17.6 Å². The first-order valence-corrected chi connectivity index (χ1v) is 490. The summed E-state index contributed by atoms with van der Waals surface area (Å²) in [7, 11) is -19.3. The van der Waals surface area contributed by atoms with E-state index in [-0.39, 0.29) is 53.8 Å². The van der Waals surface area contributed by atoms with Gasteiger partial charge < -0.3 is 14.6 Å². The molecule has 2 heterocycles. The summed E-state index contributed by atoms with van der Waals surface area (Å²) in [5, 5.41) is 10.1. The van der Waals surface area contributed by atoms with Crippen LogP contribution in [0, 0.1) is 46.3 Å². The van der Waals surface area contributed by atoms with Crippen LogP contribution in [0.5, 0.6) is 0 Å². The van der Waals surface area contributed by atoms with Gasteiger partial charge in [-0.3, -0.25) is 14.4 Å². The number of aliphatic hydroxyl groups excluding tert-OH is 1. The summed E-state index contributed by atoms with van der Waals surface area (Å²) in [6.45, 7) is 1.26. The number of hydrogen-bond donors (Lipinski definition) is 1. The van der Waals surface area contributed by atoms with Gasteiger partial charge in [-0.25, -0.2) is 9.59 Å². The number of hydrogen-bond acceptors (Lipinski definition) is 8. The van der Waals surface area contributed by atoms with Crippen LogP contribution in [0.25, 0.3) is 0 Å². The van der Waals surface area contributed by atoms with E-state index in [1.165, 1.54) is 48.7 Å². The molecule has 2 saturated heterocycles. The smallest absolute Gasteiger partial charge is 0.211 e. The summed E-state index contributed by atoms with van der Waals surface area (Å²) in [6.07, 6.45) is 13.9. The third-order valence-corrected chi connectivity index (χ3v) is 5720. The molecule has 2 aromatic rings. The molecule has 87 heteroatoms. The van der Waals surface area contributed by atoms with Crippen LogP contribution in [0.15, 0.2) is 60.7 Å². The minimum atomic E-state index is -3.43. The average Bonchev–Trinajstić information content (AvgIpc) is 0.743. The fraction of sp³-hybridized carbons (Fsp3) is 0.673. The molecule has 10 aliphatic rings. The van der Waals surface area contributed by atoms with Gasteiger partial charge in [-0.15, -0.1) is 0 Å². The maximum absolute atomic E-state index is 12.8. The fourth-order valence-electron chi connectivity index (χ4n) is 13.7. The molecule has 12 rings (SSSR count). The summed E-state index contributed by atoms with van der Waals surface area (Å²) in [4.78, 5) is 58.0. The number of benzene rings is 2. The van der Waals surface area contributed by atoms with Crippen molar-refractivity contribution in [1.29, 1.82) is 0 Å². The number of aliphatic hydroxyl groups is 1. The molecule has 0 amide bonds. The monoisotopic (exact) mass is 10200 g/mol. The number of ketones is 3. The van der Waals surface area contributed by atoms with Crippen LogP contribution < -0.4 is 13.3 Å². The van der Waals surface area contributed by atoms with E-state index in [2.05, 4.69) is 689 Å². The molecular weight excluding hydrogens is 10200 g/mol. The Hall–Kier alpha value is 50.1. The van der Waals surface area contributed by atoms with Gasteiger partial charge >= 0.3 is 1000 Å². The first kappa shape index (κ1) is 178. The number of carbonyl (C=O) groups excluding carboxylic acids is 5. The topological polar surface area (TPSA) is 124 Å². The largest absolute Gasteiger partial charge is 0.289 e. The molecule has 8 saturated carbocycles. The van der Waals surface area contributed by atoms with E-state index in [1.807, 2.05) is 60.7 Å². The van der Waals surface area contributed by atoms with E-state index in [4.69, 9.17) is 9.47 Å². The summed E-state index contributed by atoms with van der Waals surface area (Å²) in [6, 6.07) is 19.3. The zero-order valence-electron chi connectivity index (χ0n) is 66.1. The number of rotatable bonds is 47. The fourth-order valence-corrected chi connectivity index (χ4v) is 14100. The molecule has 2 aromatic carbocycles. The molecule has 0 spiro atoms.